The van der Waals surface area contributed by atoms with Gasteiger partial charge in [-0.2, -0.15) is 5.26 Å². The summed E-state index contributed by atoms with van der Waals surface area (Å²) in [7, 11) is 0. The zero-order chi connectivity index (χ0) is 41.7. The van der Waals surface area contributed by atoms with Crippen LogP contribution in [0, 0.1) is 44.1 Å². The van der Waals surface area contributed by atoms with E-state index in [2.05, 4.69) is 20.8 Å². The summed E-state index contributed by atoms with van der Waals surface area (Å²) in [5, 5.41) is 15.9. The van der Waals surface area contributed by atoms with Gasteiger partial charge in [-0.3, -0.25) is 24.0 Å². The lowest BCUT2D eigenvalue weighted by Gasteiger charge is -2.21. The maximum Gasteiger partial charge on any atom is 0.446 e. The third-order valence-electron chi connectivity index (χ3n) is 7.91. The van der Waals surface area contributed by atoms with E-state index in [4.69, 9.17) is 56.1 Å². The highest BCUT2D eigenvalue weighted by Gasteiger charge is 2.33. The molecule has 0 aromatic heterocycles. The second-order valence-electron chi connectivity index (χ2n) is 13.6. The monoisotopic (exact) mass is 817 g/mol. The standard InChI is InChI=1S/C25H30Cl2N2O4.C17H12ClN3O2/c1-7-19(33-20-11-8-14(2)12-15(20)3)23(31)28-16-9-10-17(26)18(13-16)29-24(32)21(27)22(30)25(4,5)6;1-11-3-8-14(18)15(9-11)21-16(22)17(20-2)23-13-6-4-12(10-19)5-7-13/h8-13,19,21H,7H2,1-6H3,(H,28,31)(H,29,32);3-9,17H,1H3,(H,21,22). The molecule has 0 saturated heterocycles. The lowest BCUT2D eigenvalue weighted by Crippen LogP contribution is -2.37. The van der Waals surface area contributed by atoms with Crippen molar-refractivity contribution in [2.45, 2.75) is 72.6 Å². The smallest absolute Gasteiger partial charge is 0.446 e. The van der Waals surface area contributed by atoms with Crippen molar-refractivity contribution in [1.29, 1.82) is 5.26 Å². The number of nitrogens with zero attached hydrogens (tertiary/aromatic N) is 2. The maximum absolute atomic E-state index is 12.8. The highest BCUT2D eigenvalue weighted by Crippen LogP contribution is 2.29. The fourth-order valence-corrected chi connectivity index (χ4v) is 5.54. The molecule has 0 aliphatic carbocycles. The van der Waals surface area contributed by atoms with E-state index in [1.165, 1.54) is 24.3 Å². The minimum Gasteiger partial charge on any atom is -0.480 e. The number of benzene rings is 4. The Balaban J connectivity index is 0.000000320. The van der Waals surface area contributed by atoms with Crippen LogP contribution in [0.15, 0.2) is 78.9 Å². The fraction of sp³-hybridized carbons (Fsp3) is 0.286. The molecular weight excluding hydrogens is 777 g/mol. The number of nitriles is 1. The highest BCUT2D eigenvalue weighted by molar-refractivity contribution is 6.44. The van der Waals surface area contributed by atoms with Crippen LogP contribution < -0.4 is 25.4 Å². The molecule has 4 aromatic carbocycles. The first-order valence-corrected chi connectivity index (χ1v) is 18.5. The quantitative estimate of drug-likeness (QED) is 0.0732. The molecule has 56 heavy (non-hydrogen) atoms. The Hall–Kier alpha value is -5.59. The van der Waals surface area contributed by atoms with Gasteiger partial charge in [0.25, 0.3) is 5.91 Å². The Labute approximate surface area is 342 Å². The fourth-order valence-electron chi connectivity index (χ4n) is 4.83. The highest BCUT2D eigenvalue weighted by atomic mass is 35.5. The molecular formula is C42H42Cl3N5O6. The summed E-state index contributed by atoms with van der Waals surface area (Å²) in [4.78, 5) is 53.0. The van der Waals surface area contributed by atoms with Gasteiger partial charge < -0.3 is 25.4 Å². The van der Waals surface area contributed by atoms with E-state index in [1.807, 2.05) is 58.0 Å². The molecule has 0 fully saturated rings. The molecule has 0 aliphatic rings. The van der Waals surface area contributed by atoms with Crippen molar-refractivity contribution in [3.63, 3.8) is 0 Å². The van der Waals surface area contributed by atoms with E-state index in [0.29, 0.717) is 39.9 Å². The number of hydrogen-bond donors (Lipinski definition) is 3. The molecule has 0 heterocycles. The molecule has 4 aromatic rings. The molecule has 3 atom stereocenters. The summed E-state index contributed by atoms with van der Waals surface area (Å²) in [6.07, 6.45) is -1.60. The number of halogens is 3. The predicted molar refractivity (Wildman–Crippen MR) is 220 cm³/mol. The predicted octanol–water partition coefficient (Wildman–Crippen LogP) is 9.70. The lowest BCUT2D eigenvalue weighted by atomic mass is 9.88. The van der Waals surface area contributed by atoms with Crippen molar-refractivity contribution >= 4 is 75.4 Å². The van der Waals surface area contributed by atoms with Crippen LogP contribution in [0.25, 0.3) is 4.85 Å². The van der Waals surface area contributed by atoms with Gasteiger partial charge in [0.15, 0.2) is 17.3 Å². The number of aryl methyl sites for hydroxylation is 3. The van der Waals surface area contributed by atoms with Crippen LogP contribution in [0.5, 0.6) is 11.5 Å². The second kappa shape index (κ2) is 20.4. The van der Waals surface area contributed by atoms with Gasteiger partial charge in [-0.1, -0.05) is 74.7 Å². The zero-order valence-corrected chi connectivity index (χ0v) is 34.2. The topological polar surface area (TPSA) is 151 Å². The van der Waals surface area contributed by atoms with Crippen LogP contribution in [-0.4, -0.2) is 41.2 Å². The molecule has 0 aliphatic heterocycles. The first-order chi connectivity index (χ1) is 26.4. The van der Waals surface area contributed by atoms with Crippen LogP contribution in [0.3, 0.4) is 0 Å². The number of carbonyl (C=O) groups is 4. The lowest BCUT2D eigenvalue weighted by molar-refractivity contribution is -0.130. The number of alkyl halides is 1. The zero-order valence-electron chi connectivity index (χ0n) is 31.9. The number of anilines is 3. The van der Waals surface area contributed by atoms with Crippen LogP contribution >= 0.6 is 34.8 Å². The molecule has 3 unspecified atom stereocenters. The van der Waals surface area contributed by atoms with E-state index in [-0.39, 0.29) is 16.6 Å². The number of amides is 3. The summed E-state index contributed by atoms with van der Waals surface area (Å²) in [6, 6.07) is 23.7. The van der Waals surface area contributed by atoms with Crippen LogP contribution in [0.1, 0.15) is 56.4 Å². The van der Waals surface area contributed by atoms with Crippen molar-refractivity contribution < 1.29 is 28.7 Å². The van der Waals surface area contributed by atoms with Gasteiger partial charge in [0.1, 0.15) is 11.5 Å². The number of hydrogen-bond acceptors (Lipinski definition) is 7. The third kappa shape index (κ3) is 13.0. The minimum absolute atomic E-state index is 0.232. The summed E-state index contributed by atoms with van der Waals surface area (Å²) in [6.45, 7) is 19.8. The normalized spacial score (nSPS) is 12.2. The SMILES string of the molecule is CCC(Oc1ccc(C)cc1C)C(=O)Nc1ccc(Cl)c(NC(=O)C(Cl)C(=O)C(C)(C)C)c1.[C-]#[N+]C(Oc1ccc(C#N)cc1)C(=O)Nc1cc(C)ccc1Cl. The molecule has 14 heteroatoms. The molecule has 11 nitrogen and oxygen atoms in total. The van der Waals surface area contributed by atoms with Gasteiger partial charge in [-0.05, 0) is 99.0 Å². The summed E-state index contributed by atoms with van der Waals surface area (Å²) in [5.74, 6) is -1.07. The Morgan fingerprint density at radius 3 is 1.93 bits per heavy atom. The first-order valence-electron chi connectivity index (χ1n) is 17.3. The molecule has 0 spiro atoms. The van der Waals surface area contributed by atoms with Gasteiger partial charge in [0.2, 0.25) is 5.91 Å². The van der Waals surface area contributed by atoms with Gasteiger partial charge >= 0.3 is 12.1 Å². The first kappa shape index (κ1) is 44.8. The maximum atomic E-state index is 12.8. The van der Waals surface area contributed by atoms with Crippen LogP contribution in [0.4, 0.5) is 17.1 Å². The van der Waals surface area contributed by atoms with Crippen molar-refractivity contribution in [1.82, 2.24) is 0 Å². The Kier molecular flexibility index (Phi) is 16.3. The van der Waals surface area contributed by atoms with Crippen molar-refractivity contribution in [3.05, 3.63) is 123 Å². The summed E-state index contributed by atoms with van der Waals surface area (Å²) in [5.41, 5.74) is 3.74. The molecule has 0 radical (unpaired) electrons. The van der Waals surface area contributed by atoms with Crippen LogP contribution in [0.2, 0.25) is 10.0 Å². The average molecular weight is 819 g/mol. The number of ether oxygens (including phenoxy) is 2. The number of ketones is 1. The Bertz CT molecular complexity index is 2160. The Morgan fingerprint density at radius 2 is 1.36 bits per heavy atom. The van der Waals surface area contributed by atoms with E-state index >= 15 is 0 Å². The minimum atomic E-state index is -1.37. The Morgan fingerprint density at radius 1 is 0.786 bits per heavy atom. The molecule has 292 valence electrons. The van der Waals surface area contributed by atoms with Crippen molar-refractivity contribution in [3.8, 4) is 17.6 Å². The molecule has 0 saturated carbocycles. The molecule has 4 rings (SSSR count). The van der Waals surface area contributed by atoms with Gasteiger partial charge in [0.05, 0.1) is 33.1 Å². The largest absolute Gasteiger partial charge is 0.480 e. The second-order valence-corrected chi connectivity index (χ2v) is 14.9. The van der Waals surface area contributed by atoms with E-state index < -0.39 is 40.7 Å². The van der Waals surface area contributed by atoms with Crippen LogP contribution in [-0.2, 0) is 19.2 Å². The molecule has 3 N–H and O–H groups in total. The average Bonchev–Trinajstić information content (AvgIpc) is 3.15. The number of carbonyl (C=O) groups excluding carboxylic acids is 4. The summed E-state index contributed by atoms with van der Waals surface area (Å²) < 4.78 is 11.3. The van der Waals surface area contributed by atoms with Crippen molar-refractivity contribution in [2.75, 3.05) is 16.0 Å². The number of rotatable bonds is 12. The van der Waals surface area contributed by atoms with E-state index in [0.717, 1.165) is 16.7 Å². The van der Waals surface area contributed by atoms with Crippen molar-refractivity contribution in [2.24, 2.45) is 5.41 Å². The van der Waals surface area contributed by atoms with E-state index in [9.17, 15) is 19.2 Å². The van der Waals surface area contributed by atoms with Gasteiger partial charge in [-0.25, -0.2) is 6.57 Å². The number of nitrogens with one attached hydrogen (secondary N) is 3. The number of Topliss-reactive ketones (excluding diaryl/α,β-unsaturated/α-hetero) is 1. The molecule has 0 bridgehead atoms. The third-order valence-corrected chi connectivity index (χ3v) is 8.96. The molecule has 3 amide bonds. The van der Waals surface area contributed by atoms with Gasteiger partial charge in [-0.15, -0.1) is 11.6 Å². The van der Waals surface area contributed by atoms with Gasteiger partial charge in [0, 0.05) is 11.1 Å². The van der Waals surface area contributed by atoms with E-state index in [1.54, 1.807) is 51.1 Å². The summed E-state index contributed by atoms with van der Waals surface area (Å²) >= 11 is 18.3.